The summed E-state index contributed by atoms with van der Waals surface area (Å²) in [7, 11) is 1.56. The van der Waals surface area contributed by atoms with Crippen LogP contribution < -0.4 is 4.74 Å². The van der Waals surface area contributed by atoms with Gasteiger partial charge in [0.25, 0.3) is 0 Å². The van der Waals surface area contributed by atoms with Crippen LogP contribution in [0.15, 0.2) is 109 Å². The molecular formula is C33H27NO5. The number of carboxylic acid groups (broad SMARTS) is 2. The van der Waals surface area contributed by atoms with E-state index in [2.05, 4.69) is 24.3 Å². The number of carboxylic acids is 2. The first kappa shape index (κ1) is 24.6. The Kier molecular flexibility index (Phi) is 6.04. The highest BCUT2D eigenvalue weighted by Crippen LogP contribution is 2.57. The van der Waals surface area contributed by atoms with Crippen molar-refractivity contribution in [1.82, 2.24) is 4.90 Å². The molecule has 1 atom stereocenters. The van der Waals surface area contributed by atoms with Crippen LogP contribution >= 0.6 is 0 Å². The Morgan fingerprint density at radius 3 is 1.90 bits per heavy atom. The molecule has 194 valence electrons. The zero-order valence-electron chi connectivity index (χ0n) is 21.4. The highest BCUT2D eigenvalue weighted by atomic mass is 16.5. The highest BCUT2D eigenvalue weighted by molar-refractivity contribution is 5.93. The first-order chi connectivity index (χ1) is 19.0. The molecule has 4 aromatic carbocycles. The maximum atomic E-state index is 13.2. The monoisotopic (exact) mass is 517 g/mol. The smallest absolute Gasteiger partial charge is 0.325 e. The summed E-state index contributed by atoms with van der Waals surface area (Å²) in [5, 5.41) is 20.7. The first-order valence-corrected chi connectivity index (χ1v) is 12.8. The van der Waals surface area contributed by atoms with Crippen molar-refractivity contribution in [3.8, 4) is 16.9 Å². The van der Waals surface area contributed by atoms with Gasteiger partial charge in [-0.3, -0.25) is 14.5 Å². The van der Waals surface area contributed by atoms with E-state index in [1.54, 1.807) is 7.11 Å². The van der Waals surface area contributed by atoms with Gasteiger partial charge in [-0.05, 0) is 45.0 Å². The van der Waals surface area contributed by atoms with Crippen LogP contribution in [0.4, 0.5) is 0 Å². The number of nitrogens with zero attached hydrogens (tertiary/aromatic N) is 1. The van der Waals surface area contributed by atoms with Gasteiger partial charge in [0.1, 0.15) is 11.8 Å². The molecule has 6 nitrogen and oxygen atoms in total. The summed E-state index contributed by atoms with van der Waals surface area (Å²) >= 11 is 0. The van der Waals surface area contributed by atoms with E-state index in [0.717, 1.165) is 27.8 Å². The van der Waals surface area contributed by atoms with Gasteiger partial charge in [-0.2, -0.15) is 0 Å². The second kappa shape index (κ2) is 9.57. The van der Waals surface area contributed by atoms with Gasteiger partial charge in [-0.15, -0.1) is 0 Å². The van der Waals surface area contributed by atoms with E-state index < -0.39 is 29.9 Å². The fourth-order valence-corrected chi connectivity index (χ4v) is 6.51. The third kappa shape index (κ3) is 3.67. The first-order valence-electron chi connectivity index (χ1n) is 12.8. The molecule has 0 bridgehead atoms. The normalized spacial score (nSPS) is 17.5. The summed E-state index contributed by atoms with van der Waals surface area (Å²) in [6.07, 6.45) is -0.394. The second-order valence-electron chi connectivity index (χ2n) is 9.81. The molecule has 2 N–H and O–H groups in total. The van der Waals surface area contributed by atoms with Crippen LogP contribution in [0, 0.1) is 0 Å². The summed E-state index contributed by atoms with van der Waals surface area (Å²) in [6, 6.07) is 32.3. The molecule has 4 aromatic rings. The fraction of sp³-hybridized carbons (Fsp3) is 0.152. The lowest BCUT2D eigenvalue weighted by molar-refractivity contribution is -0.142. The minimum absolute atomic E-state index is 0.220. The molecule has 0 unspecified atom stereocenters. The van der Waals surface area contributed by atoms with Crippen molar-refractivity contribution in [2.75, 3.05) is 13.7 Å². The maximum absolute atomic E-state index is 13.2. The number of hydrogen-bond acceptors (Lipinski definition) is 4. The van der Waals surface area contributed by atoms with Crippen molar-refractivity contribution in [3.63, 3.8) is 0 Å². The van der Waals surface area contributed by atoms with Crippen LogP contribution in [-0.4, -0.2) is 46.7 Å². The second-order valence-corrected chi connectivity index (χ2v) is 9.81. The molecule has 1 aliphatic carbocycles. The summed E-state index contributed by atoms with van der Waals surface area (Å²) in [6.45, 7) is 0.220. The van der Waals surface area contributed by atoms with Crippen molar-refractivity contribution in [2.45, 2.75) is 18.0 Å². The third-order valence-corrected chi connectivity index (χ3v) is 7.91. The lowest BCUT2D eigenvalue weighted by Crippen LogP contribution is -2.53. The van der Waals surface area contributed by atoms with Gasteiger partial charge in [0, 0.05) is 12.1 Å². The Bertz CT molecular complexity index is 1580. The van der Waals surface area contributed by atoms with Crippen LogP contribution in [-0.2, 0) is 15.1 Å². The SMILES string of the molecule is COc1ccccc1C1=C(CC(=O)O)[C@@H](C(=O)O)N(C2(c3ccccc3)c3ccccc3-c3ccccc32)C1. The quantitative estimate of drug-likeness (QED) is 0.329. The number of ether oxygens (including phenoxy) is 1. The Morgan fingerprint density at radius 2 is 1.33 bits per heavy atom. The zero-order chi connectivity index (χ0) is 27.1. The average molecular weight is 518 g/mol. The lowest BCUT2D eigenvalue weighted by Gasteiger charge is -2.44. The number of benzene rings is 4. The van der Waals surface area contributed by atoms with Crippen LogP contribution in [0.2, 0.25) is 0 Å². The number of aliphatic carboxylic acids is 2. The molecule has 6 heteroatoms. The maximum Gasteiger partial charge on any atom is 0.325 e. The van der Waals surface area contributed by atoms with Crippen LogP contribution in [0.25, 0.3) is 16.7 Å². The topological polar surface area (TPSA) is 87.1 Å². The molecule has 0 radical (unpaired) electrons. The average Bonchev–Trinajstić information content (AvgIpc) is 3.47. The van der Waals surface area contributed by atoms with Crippen LogP contribution in [0.1, 0.15) is 28.7 Å². The van der Waals surface area contributed by atoms with Crippen molar-refractivity contribution in [1.29, 1.82) is 0 Å². The van der Waals surface area contributed by atoms with E-state index in [-0.39, 0.29) is 6.54 Å². The van der Waals surface area contributed by atoms with Gasteiger partial charge in [-0.25, -0.2) is 0 Å². The standard InChI is InChI=1S/C33H27NO5/c1-39-29-18-10-7-15-24(29)26-20-34(31(32(37)38)25(26)19-30(35)36)33(21-11-3-2-4-12-21)27-16-8-5-13-22(27)23-14-6-9-17-28(23)33/h2-18,31H,19-20H2,1H3,(H,35,36)(H,37,38)/t31-/m0/s1. The van der Waals surface area contributed by atoms with E-state index >= 15 is 0 Å². The molecule has 6 rings (SSSR count). The number of carbonyl (C=O) groups is 2. The predicted octanol–water partition coefficient (Wildman–Crippen LogP) is 5.66. The molecular weight excluding hydrogens is 490 g/mol. The lowest BCUT2D eigenvalue weighted by atomic mass is 9.78. The molecule has 0 aromatic heterocycles. The van der Waals surface area contributed by atoms with E-state index in [1.807, 2.05) is 83.8 Å². The molecule has 0 amide bonds. The molecule has 0 spiro atoms. The van der Waals surface area contributed by atoms with Crippen molar-refractivity contribution < 1.29 is 24.5 Å². The van der Waals surface area contributed by atoms with Gasteiger partial charge in [-0.1, -0.05) is 97.1 Å². The summed E-state index contributed by atoms with van der Waals surface area (Å²) in [5.41, 5.74) is 5.69. The van der Waals surface area contributed by atoms with Gasteiger partial charge in [0.05, 0.1) is 19.1 Å². The molecule has 0 saturated heterocycles. The third-order valence-electron chi connectivity index (χ3n) is 7.91. The van der Waals surface area contributed by atoms with E-state index in [0.29, 0.717) is 22.5 Å². The molecule has 0 fully saturated rings. The molecule has 2 aliphatic rings. The number of rotatable bonds is 7. The number of hydrogen-bond donors (Lipinski definition) is 2. The zero-order valence-corrected chi connectivity index (χ0v) is 21.4. The van der Waals surface area contributed by atoms with Gasteiger partial charge < -0.3 is 14.9 Å². The molecule has 0 saturated carbocycles. The minimum Gasteiger partial charge on any atom is -0.496 e. The Hall–Kier alpha value is -4.68. The summed E-state index contributed by atoms with van der Waals surface area (Å²) < 4.78 is 5.64. The highest BCUT2D eigenvalue weighted by Gasteiger charge is 2.55. The van der Waals surface area contributed by atoms with Gasteiger partial charge in [0.15, 0.2) is 0 Å². The van der Waals surface area contributed by atoms with Gasteiger partial charge in [0.2, 0.25) is 0 Å². The minimum atomic E-state index is -1.18. The Morgan fingerprint density at radius 1 is 0.795 bits per heavy atom. The molecule has 1 aliphatic heterocycles. The van der Waals surface area contributed by atoms with Crippen molar-refractivity contribution >= 4 is 17.5 Å². The summed E-state index contributed by atoms with van der Waals surface area (Å²) in [5.74, 6) is -1.60. The van der Waals surface area contributed by atoms with Gasteiger partial charge >= 0.3 is 11.9 Å². The van der Waals surface area contributed by atoms with Crippen molar-refractivity contribution in [3.05, 3.63) is 131 Å². The fourth-order valence-electron chi connectivity index (χ4n) is 6.51. The van der Waals surface area contributed by atoms with Crippen LogP contribution in [0.3, 0.4) is 0 Å². The molecule has 39 heavy (non-hydrogen) atoms. The Balaban J connectivity index is 1.68. The largest absolute Gasteiger partial charge is 0.496 e. The number of fused-ring (bicyclic) bond motifs is 3. The number of methoxy groups -OCH3 is 1. The molecule has 1 heterocycles. The van der Waals surface area contributed by atoms with Crippen LogP contribution in [0.5, 0.6) is 5.75 Å². The summed E-state index contributed by atoms with van der Waals surface area (Å²) in [4.78, 5) is 27.3. The predicted molar refractivity (Wildman–Crippen MR) is 148 cm³/mol. The van der Waals surface area contributed by atoms with E-state index in [1.165, 1.54) is 0 Å². The van der Waals surface area contributed by atoms with E-state index in [9.17, 15) is 19.8 Å². The number of para-hydroxylation sites is 1. The van der Waals surface area contributed by atoms with Crippen molar-refractivity contribution in [2.24, 2.45) is 0 Å². The van der Waals surface area contributed by atoms with E-state index in [4.69, 9.17) is 4.74 Å². The Labute approximate surface area is 226 Å².